The summed E-state index contributed by atoms with van der Waals surface area (Å²) in [5.74, 6) is 0.676. The summed E-state index contributed by atoms with van der Waals surface area (Å²) >= 11 is 0. The van der Waals surface area contributed by atoms with Crippen molar-refractivity contribution in [3.63, 3.8) is 0 Å². The maximum Gasteiger partial charge on any atom is 0.234 e. The van der Waals surface area contributed by atoms with Gasteiger partial charge in [0.2, 0.25) is 5.91 Å². The van der Waals surface area contributed by atoms with Gasteiger partial charge in [0.05, 0.1) is 6.04 Å². The molecule has 2 aliphatic carbocycles. The number of nitrogens with zero attached hydrogens (tertiary/aromatic N) is 1. The van der Waals surface area contributed by atoms with E-state index in [1.54, 1.807) is 0 Å². The molecule has 0 radical (unpaired) electrons. The van der Waals surface area contributed by atoms with Gasteiger partial charge in [-0.05, 0) is 38.5 Å². The second-order valence-electron chi connectivity index (χ2n) is 4.45. The van der Waals surface area contributed by atoms with Crippen LogP contribution in [0, 0.1) is 5.92 Å². The van der Waals surface area contributed by atoms with Crippen molar-refractivity contribution in [2.24, 2.45) is 11.7 Å². The van der Waals surface area contributed by atoms with Gasteiger partial charge < -0.3 is 5.73 Å². The molecule has 1 atom stereocenters. The van der Waals surface area contributed by atoms with Crippen molar-refractivity contribution in [1.29, 1.82) is 0 Å². The highest BCUT2D eigenvalue weighted by molar-refractivity contribution is 5.79. The first kappa shape index (κ1) is 9.00. The molecular formula is C10H18N2O. The van der Waals surface area contributed by atoms with Crippen molar-refractivity contribution in [3.05, 3.63) is 0 Å². The van der Waals surface area contributed by atoms with E-state index in [1.807, 2.05) is 6.92 Å². The predicted octanol–water partition coefficient (Wildman–Crippen LogP) is 0.735. The largest absolute Gasteiger partial charge is 0.368 e. The zero-order valence-electron chi connectivity index (χ0n) is 8.20. The molecule has 74 valence electrons. The molecule has 2 rings (SSSR count). The Morgan fingerprint density at radius 2 is 2.08 bits per heavy atom. The maximum atomic E-state index is 11.1. The van der Waals surface area contributed by atoms with Crippen LogP contribution in [0.1, 0.15) is 32.6 Å². The number of amides is 1. The van der Waals surface area contributed by atoms with Crippen LogP contribution in [0.25, 0.3) is 0 Å². The quantitative estimate of drug-likeness (QED) is 0.681. The lowest BCUT2D eigenvalue weighted by molar-refractivity contribution is -0.123. The average Bonchev–Trinajstić information content (AvgIpc) is 2.90. The predicted molar refractivity (Wildman–Crippen MR) is 51.1 cm³/mol. The molecule has 1 amide bonds. The van der Waals surface area contributed by atoms with Crippen LogP contribution in [-0.4, -0.2) is 29.4 Å². The van der Waals surface area contributed by atoms with Crippen LogP contribution in [0.2, 0.25) is 0 Å². The molecule has 0 aliphatic heterocycles. The van der Waals surface area contributed by atoms with Crippen LogP contribution in [0.3, 0.4) is 0 Å². The fourth-order valence-corrected chi connectivity index (χ4v) is 1.79. The summed E-state index contributed by atoms with van der Waals surface area (Å²) in [7, 11) is 0. The third-order valence-electron chi connectivity index (χ3n) is 3.09. The fraction of sp³-hybridized carbons (Fsp3) is 0.900. The molecule has 1 unspecified atom stereocenters. The first-order valence-electron chi connectivity index (χ1n) is 5.23. The second kappa shape index (κ2) is 3.29. The Bertz CT molecular complexity index is 209. The van der Waals surface area contributed by atoms with E-state index in [4.69, 9.17) is 5.73 Å². The molecule has 0 bridgehead atoms. The number of nitrogens with two attached hydrogens (primary N) is 1. The fourth-order valence-electron chi connectivity index (χ4n) is 1.79. The molecule has 2 aliphatic rings. The van der Waals surface area contributed by atoms with Crippen LogP contribution in [0.4, 0.5) is 0 Å². The topological polar surface area (TPSA) is 46.3 Å². The van der Waals surface area contributed by atoms with E-state index in [9.17, 15) is 4.79 Å². The third-order valence-corrected chi connectivity index (χ3v) is 3.09. The summed E-state index contributed by atoms with van der Waals surface area (Å²) in [6.45, 7) is 3.03. The highest BCUT2D eigenvalue weighted by Crippen LogP contribution is 2.35. The van der Waals surface area contributed by atoms with Crippen LogP contribution in [0.5, 0.6) is 0 Å². The molecule has 13 heavy (non-hydrogen) atoms. The number of carbonyl (C=O) groups is 1. The molecule has 0 spiro atoms. The monoisotopic (exact) mass is 182 g/mol. The first-order chi connectivity index (χ1) is 6.18. The Kier molecular flexibility index (Phi) is 2.28. The lowest BCUT2D eigenvalue weighted by Crippen LogP contribution is -2.44. The van der Waals surface area contributed by atoms with Gasteiger partial charge in [-0.3, -0.25) is 9.69 Å². The van der Waals surface area contributed by atoms with E-state index >= 15 is 0 Å². The van der Waals surface area contributed by atoms with E-state index < -0.39 is 0 Å². The highest BCUT2D eigenvalue weighted by atomic mass is 16.1. The lowest BCUT2D eigenvalue weighted by atomic mass is 10.2. The number of rotatable bonds is 5. The van der Waals surface area contributed by atoms with Gasteiger partial charge in [0, 0.05) is 12.6 Å². The summed E-state index contributed by atoms with van der Waals surface area (Å²) in [5, 5.41) is 0. The second-order valence-corrected chi connectivity index (χ2v) is 4.45. The van der Waals surface area contributed by atoms with Crippen molar-refractivity contribution >= 4 is 5.91 Å². The zero-order valence-corrected chi connectivity index (χ0v) is 8.20. The maximum absolute atomic E-state index is 11.1. The minimum atomic E-state index is -0.174. The highest BCUT2D eigenvalue weighted by Gasteiger charge is 2.37. The van der Waals surface area contributed by atoms with Crippen molar-refractivity contribution in [1.82, 2.24) is 4.90 Å². The van der Waals surface area contributed by atoms with E-state index in [-0.39, 0.29) is 11.9 Å². The summed E-state index contributed by atoms with van der Waals surface area (Å²) in [6, 6.07) is 0.594. The van der Waals surface area contributed by atoms with Crippen LogP contribution >= 0.6 is 0 Å². The van der Waals surface area contributed by atoms with E-state index in [1.165, 1.54) is 25.7 Å². The van der Waals surface area contributed by atoms with E-state index in [2.05, 4.69) is 4.90 Å². The molecule has 0 aromatic heterocycles. The van der Waals surface area contributed by atoms with Gasteiger partial charge in [0.15, 0.2) is 0 Å². The summed E-state index contributed by atoms with van der Waals surface area (Å²) in [6.07, 6.45) is 5.19. The van der Waals surface area contributed by atoms with Crippen molar-refractivity contribution < 1.29 is 4.79 Å². The smallest absolute Gasteiger partial charge is 0.234 e. The van der Waals surface area contributed by atoms with Crippen LogP contribution < -0.4 is 5.73 Å². The minimum absolute atomic E-state index is 0.0619. The summed E-state index contributed by atoms with van der Waals surface area (Å²) in [5.41, 5.74) is 5.32. The van der Waals surface area contributed by atoms with Gasteiger partial charge >= 0.3 is 0 Å². The van der Waals surface area contributed by atoms with Crippen molar-refractivity contribution in [2.75, 3.05) is 6.54 Å². The van der Waals surface area contributed by atoms with Crippen molar-refractivity contribution in [3.8, 4) is 0 Å². The molecule has 0 aromatic carbocycles. The standard InChI is InChI=1S/C10H18N2O/c1-7(10(11)13)12(9-4-5-9)6-8-2-3-8/h7-9H,2-6H2,1H3,(H2,11,13). The van der Waals surface area contributed by atoms with E-state index in [0.717, 1.165) is 12.5 Å². The molecule has 0 saturated heterocycles. The molecule has 0 heterocycles. The van der Waals surface area contributed by atoms with Gasteiger partial charge in [-0.2, -0.15) is 0 Å². The van der Waals surface area contributed by atoms with Gasteiger partial charge in [0.1, 0.15) is 0 Å². The Morgan fingerprint density at radius 1 is 1.46 bits per heavy atom. The molecule has 3 heteroatoms. The van der Waals surface area contributed by atoms with Gasteiger partial charge in [-0.1, -0.05) is 0 Å². The molecule has 2 fully saturated rings. The number of hydrogen-bond acceptors (Lipinski definition) is 2. The molecule has 2 saturated carbocycles. The molecule has 3 nitrogen and oxygen atoms in total. The van der Waals surface area contributed by atoms with Crippen LogP contribution in [0.15, 0.2) is 0 Å². The zero-order chi connectivity index (χ0) is 9.42. The van der Waals surface area contributed by atoms with Gasteiger partial charge in [0.25, 0.3) is 0 Å². The normalized spacial score (nSPS) is 24.8. The number of carbonyl (C=O) groups excluding carboxylic acids is 1. The van der Waals surface area contributed by atoms with Gasteiger partial charge in [-0.15, -0.1) is 0 Å². The Morgan fingerprint density at radius 3 is 2.46 bits per heavy atom. The lowest BCUT2D eigenvalue weighted by Gasteiger charge is -2.26. The molecule has 0 aromatic rings. The Balaban J connectivity index is 1.90. The Hall–Kier alpha value is -0.570. The summed E-state index contributed by atoms with van der Waals surface area (Å²) in [4.78, 5) is 13.4. The number of primary amides is 1. The van der Waals surface area contributed by atoms with Crippen molar-refractivity contribution in [2.45, 2.75) is 44.7 Å². The van der Waals surface area contributed by atoms with Crippen LogP contribution in [-0.2, 0) is 4.79 Å². The first-order valence-corrected chi connectivity index (χ1v) is 5.23. The Labute approximate surface area is 79.3 Å². The minimum Gasteiger partial charge on any atom is -0.368 e. The third kappa shape index (κ3) is 2.21. The van der Waals surface area contributed by atoms with E-state index in [0.29, 0.717) is 6.04 Å². The molecule has 2 N–H and O–H groups in total. The SMILES string of the molecule is CC(C(N)=O)N(CC1CC1)C1CC1. The van der Waals surface area contributed by atoms with Gasteiger partial charge in [-0.25, -0.2) is 0 Å². The average molecular weight is 182 g/mol. The number of hydrogen-bond donors (Lipinski definition) is 1. The molecular weight excluding hydrogens is 164 g/mol. The summed E-state index contributed by atoms with van der Waals surface area (Å²) < 4.78 is 0.